The zero-order chi connectivity index (χ0) is 65.4. The minimum Gasteiger partial charge on any atom is -0.480 e. The Morgan fingerprint density at radius 2 is 0.930 bits per heavy atom. The average Bonchev–Trinajstić information content (AvgIpc) is 1.58. The summed E-state index contributed by atoms with van der Waals surface area (Å²) < 4.78 is 23.1. The summed E-state index contributed by atoms with van der Waals surface area (Å²) in [5.41, 5.74) is 11.0. The molecule has 488 valence electrons. The summed E-state index contributed by atoms with van der Waals surface area (Å²) in [5.74, 6) is -15.5. The van der Waals surface area contributed by atoms with Crippen molar-refractivity contribution in [2.75, 3.05) is 13.2 Å². The zero-order valence-electron chi connectivity index (χ0n) is 47.5. The Labute approximate surface area is 490 Å². The van der Waals surface area contributed by atoms with Crippen LogP contribution in [0, 0.1) is 0 Å². The first-order chi connectivity index (χ1) is 40.1. The molecule has 19 atom stereocenters. The number of carbonyl (C=O) groups is 13. The quantitative estimate of drug-likeness (QED) is 0.0275. The summed E-state index contributed by atoms with van der Waals surface area (Å²) in [7, 11) is 0. The van der Waals surface area contributed by atoms with Gasteiger partial charge in [-0.3, -0.25) is 43.2 Å². The smallest absolute Gasteiger partial charge is 0.326 e. The fraction of sp³-hybridized carbons (Fsp3) is 0.735. The van der Waals surface area contributed by atoms with E-state index < -0.39 is 245 Å². The number of aliphatic carboxylic acids is 5. The van der Waals surface area contributed by atoms with Gasteiger partial charge in [0, 0.05) is 26.7 Å². The normalized spacial score (nSPS) is 25.0. The molecule has 37 heteroatoms. The van der Waals surface area contributed by atoms with Gasteiger partial charge in [-0.15, -0.1) is 0 Å². The van der Waals surface area contributed by atoms with Crippen LogP contribution in [0.3, 0.4) is 0 Å². The molecule has 2 rings (SSSR count). The maximum absolute atomic E-state index is 13.6. The predicted molar refractivity (Wildman–Crippen MR) is 283 cm³/mol. The Balaban J connectivity index is 2.20. The van der Waals surface area contributed by atoms with E-state index in [0.29, 0.717) is 0 Å². The molecule has 86 heavy (non-hydrogen) atoms. The molecular formula is C49H80N10O27. The van der Waals surface area contributed by atoms with Crippen LogP contribution in [0.2, 0.25) is 0 Å². The number of aliphatic hydroxyl groups is 5. The molecule has 0 spiro atoms. The number of hydrogen-bond donors (Lipinski definition) is 20. The lowest BCUT2D eigenvalue weighted by Gasteiger charge is -2.48. The molecule has 0 bridgehead atoms. The number of amides is 8. The molecule has 37 nitrogen and oxygen atoms in total. The fourth-order valence-electron chi connectivity index (χ4n) is 8.66. The van der Waals surface area contributed by atoms with Crippen LogP contribution in [0.1, 0.15) is 98.8 Å². The highest BCUT2D eigenvalue weighted by atomic mass is 16.7. The summed E-state index contributed by atoms with van der Waals surface area (Å²) in [4.78, 5) is 162. The van der Waals surface area contributed by atoms with Crippen molar-refractivity contribution in [1.29, 1.82) is 0 Å². The molecule has 0 aromatic heterocycles. The van der Waals surface area contributed by atoms with Gasteiger partial charge in [-0.05, 0) is 72.1 Å². The van der Waals surface area contributed by atoms with Gasteiger partial charge in [0.2, 0.25) is 47.3 Å². The summed E-state index contributed by atoms with van der Waals surface area (Å²) in [6.45, 7) is 3.83. The van der Waals surface area contributed by atoms with Crippen molar-refractivity contribution < 1.29 is 132 Å². The lowest BCUT2D eigenvalue weighted by atomic mass is 9.94. The summed E-state index contributed by atoms with van der Waals surface area (Å²) in [6.07, 6.45) is -19.8. The van der Waals surface area contributed by atoms with Gasteiger partial charge in [0.05, 0.1) is 19.3 Å². The second-order valence-electron chi connectivity index (χ2n) is 20.4. The summed E-state index contributed by atoms with van der Waals surface area (Å²) in [6, 6.07) is -15.7. The monoisotopic (exact) mass is 1240 g/mol. The minimum absolute atomic E-state index is 0.154. The Kier molecular flexibility index (Phi) is 31.3. The highest BCUT2D eigenvalue weighted by molar-refractivity contribution is 5.93. The third-order valence-corrected chi connectivity index (χ3v) is 13.4. The molecule has 2 aliphatic heterocycles. The molecule has 0 radical (unpaired) electrons. The van der Waals surface area contributed by atoms with Crippen molar-refractivity contribution in [2.45, 2.75) is 215 Å². The van der Waals surface area contributed by atoms with Gasteiger partial charge in [-0.2, -0.15) is 0 Å². The van der Waals surface area contributed by atoms with Crippen LogP contribution in [-0.4, -0.2) is 257 Å². The van der Waals surface area contributed by atoms with E-state index in [9.17, 15) is 113 Å². The van der Waals surface area contributed by atoms with Gasteiger partial charge in [-0.25, -0.2) is 19.2 Å². The van der Waals surface area contributed by atoms with Gasteiger partial charge in [0.15, 0.2) is 12.6 Å². The molecular weight excluding hydrogens is 1160 g/mol. The molecule has 2 aliphatic rings. The molecule has 8 amide bonds. The van der Waals surface area contributed by atoms with Crippen molar-refractivity contribution in [2.24, 2.45) is 11.5 Å². The lowest BCUT2D eigenvalue weighted by Crippen LogP contribution is -2.70. The van der Waals surface area contributed by atoms with E-state index in [4.69, 9.17) is 30.4 Å². The van der Waals surface area contributed by atoms with Crippen LogP contribution in [0.25, 0.3) is 0 Å². The van der Waals surface area contributed by atoms with Crippen LogP contribution < -0.4 is 54.0 Å². The van der Waals surface area contributed by atoms with Crippen molar-refractivity contribution in [1.82, 2.24) is 42.5 Å². The number of carbonyl (C=O) groups excluding carboxylic acids is 8. The Morgan fingerprint density at radius 3 is 1.41 bits per heavy atom. The first kappa shape index (κ1) is 74.8. The standard InChI is InChI=1S/C49H80N10O27/c1-18(50)39(68)57-27(46(78)79)12-15-32(65)56-25(44(74)75)10-7-11-26(45(76)77)59-42(71)24(9-6-8-23(51)43(72)73)55-31(64)14-13-28(47(80)81)58-40(69)19(2)52-41(70)20(3)83-38-34(54-22(5)63)48(82)84-30(17-61)37(38)86-49-33(53-21(4)62)36(67)35(66)29(16-60)85-49/h18-20,23-30,33-38,48-49,60-61,66-67,82H,6-17,50-51H2,1-5H3,(H,52,70)(H,53,62)(H,54,63)(H,55,64)(H,56,65)(H,57,68)(H,58,69)(H,59,71)(H,72,73)(H,74,75)(H,76,77)(H,78,79)(H,80,81). The number of carboxylic acids is 5. The maximum atomic E-state index is 13.6. The van der Waals surface area contributed by atoms with Crippen LogP contribution in [0.4, 0.5) is 0 Å². The lowest BCUT2D eigenvalue weighted by molar-refractivity contribution is -0.333. The Morgan fingerprint density at radius 1 is 0.488 bits per heavy atom. The molecule has 22 N–H and O–H groups in total. The van der Waals surface area contributed by atoms with Gasteiger partial charge < -0.3 is 124 Å². The highest BCUT2D eigenvalue weighted by Gasteiger charge is 2.53. The van der Waals surface area contributed by atoms with E-state index in [1.807, 2.05) is 0 Å². The number of nitrogens with one attached hydrogen (secondary N) is 8. The number of rotatable bonds is 37. The van der Waals surface area contributed by atoms with Gasteiger partial charge >= 0.3 is 29.8 Å². The van der Waals surface area contributed by atoms with E-state index in [2.05, 4.69) is 42.5 Å². The fourth-order valence-corrected chi connectivity index (χ4v) is 8.66. The summed E-state index contributed by atoms with van der Waals surface area (Å²) >= 11 is 0. The molecule has 0 saturated carbocycles. The number of ether oxygens (including phenoxy) is 4. The van der Waals surface area contributed by atoms with Crippen LogP contribution in [-0.2, 0) is 81.3 Å². The third kappa shape index (κ3) is 24.2. The number of carboxylic acid groups (broad SMARTS) is 5. The molecule has 2 heterocycles. The Bertz CT molecular complexity index is 2390. The molecule has 2 saturated heterocycles. The highest BCUT2D eigenvalue weighted by Crippen LogP contribution is 2.31. The second-order valence-corrected chi connectivity index (χ2v) is 20.4. The van der Waals surface area contributed by atoms with E-state index >= 15 is 0 Å². The Hall–Kier alpha value is -7.33. The van der Waals surface area contributed by atoms with E-state index in [-0.39, 0.29) is 25.7 Å². The van der Waals surface area contributed by atoms with Crippen LogP contribution in [0.5, 0.6) is 0 Å². The van der Waals surface area contributed by atoms with Crippen molar-refractivity contribution in [3.05, 3.63) is 0 Å². The molecule has 0 aromatic rings. The SMILES string of the molecule is CC(=O)NC1C(OC2C(CO)OC(O)C(NC(C)=O)C2OC(C)C(=O)NC(C)C(=O)NC(CCC(=O)NC(CCCC(N)C(=O)O)C(=O)NC(CCCC(NC(=O)CCC(NC(=O)C(C)N)C(=O)O)C(=O)O)C(=O)O)C(=O)O)OC(CO)C(O)C1O. The molecule has 0 aliphatic carbocycles. The van der Waals surface area contributed by atoms with Gasteiger partial charge in [-0.1, -0.05) is 0 Å². The van der Waals surface area contributed by atoms with Crippen molar-refractivity contribution >= 4 is 77.1 Å². The van der Waals surface area contributed by atoms with E-state index in [1.54, 1.807) is 0 Å². The topological polar surface area (TPSA) is 609 Å². The maximum Gasteiger partial charge on any atom is 0.326 e. The number of nitrogens with two attached hydrogens (primary N) is 2. The molecule has 2 fully saturated rings. The third-order valence-electron chi connectivity index (χ3n) is 13.4. The number of aliphatic hydroxyl groups excluding tert-OH is 5. The second kappa shape index (κ2) is 36.0. The van der Waals surface area contributed by atoms with Gasteiger partial charge in [0.25, 0.3) is 0 Å². The van der Waals surface area contributed by atoms with E-state index in [0.717, 1.165) is 27.7 Å². The van der Waals surface area contributed by atoms with Crippen molar-refractivity contribution in [3.63, 3.8) is 0 Å². The first-order valence-corrected chi connectivity index (χ1v) is 27.0. The number of hydrogen-bond acceptors (Lipinski definition) is 24. The molecule has 19 unspecified atom stereocenters. The van der Waals surface area contributed by atoms with Gasteiger partial charge in [0.1, 0.15) is 97.1 Å². The largest absolute Gasteiger partial charge is 0.480 e. The molecule has 0 aromatic carbocycles. The summed E-state index contributed by atoms with van der Waals surface area (Å²) in [5, 5.41) is 119. The van der Waals surface area contributed by atoms with Crippen molar-refractivity contribution in [3.8, 4) is 0 Å². The average molecular weight is 1240 g/mol. The minimum atomic E-state index is -1.96. The van der Waals surface area contributed by atoms with E-state index in [1.165, 1.54) is 6.92 Å². The van der Waals surface area contributed by atoms with Crippen LogP contribution >= 0.6 is 0 Å². The predicted octanol–water partition coefficient (Wildman–Crippen LogP) is -8.77. The van der Waals surface area contributed by atoms with Crippen LogP contribution in [0.15, 0.2) is 0 Å². The zero-order valence-corrected chi connectivity index (χ0v) is 47.5. The first-order valence-electron chi connectivity index (χ1n) is 27.0.